The molecule has 3 aromatic rings. The number of aromatic nitrogens is 1. The second-order valence-corrected chi connectivity index (χ2v) is 9.36. The van der Waals surface area contributed by atoms with E-state index in [2.05, 4.69) is 4.90 Å². The summed E-state index contributed by atoms with van der Waals surface area (Å²) in [5.74, 6) is -1.87. The van der Waals surface area contributed by atoms with E-state index in [1.807, 2.05) is 18.2 Å². The number of hydrogen-bond acceptors (Lipinski definition) is 6. The number of rotatable bonds is 6. The number of nitrogens with two attached hydrogens (primary N) is 1. The van der Waals surface area contributed by atoms with Gasteiger partial charge >= 0.3 is 0 Å². The maximum Gasteiger partial charge on any atom is 0.255 e. The second-order valence-electron chi connectivity index (χ2n) is 9.36. The topological polar surface area (TPSA) is 119 Å². The number of aromatic hydroxyl groups is 1. The van der Waals surface area contributed by atoms with Crippen molar-refractivity contribution in [3.63, 3.8) is 0 Å². The molecule has 0 unspecified atom stereocenters. The number of hydrogen-bond donors (Lipinski definition) is 2. The smallest absolute Gasteiger partial charge is 0.255 e. The molecule has 5 rings (SSSR count). The Balaban J connectivity index is 1.65. The summed E-state index contributed by atoms with van der Waals surface area (Å²) in [5.41, 5.74) is 7.00. The van der Waals surface area contributed by atoms with E-state index in [0.29, 0.717) is 24.4 Å². The van der Waals surface area contributed by atoms with Gasteiger partial charge in [-0.1, -0.05) is 24.6 Å². The van der Waals surface area contributed by atoms with E-state index in [0.717, 1.165) is 55.2 Å². The summed E-state index contributed by atoms with van der Waals surface area (Å²) < 4.78 is 7.77. The van der Waals surface area contributed by atoms with Gasteiger partial charge in [-0.3, -0.25) is 19.3 Å². The van der Waals surface area contributed by atoms with Crippen molar-refractivity contribution < 1.29 is 14.3 Å². The highest BCUT2D eigenvalue weighted by molar-refractivity contribution is 5.84. The number of carbonyl (C=O) groups is 1. The summed E-state index contributed by atoms with van der Waals surface area (Å²) in [6, 6.07) is 8.92. The van der Waals surface area contributed by atoms with E-state index < -0.39 is 23.0 Å². The third kappa shape index (κ3) is 4.14. The van der Waals surface area contributed by atoms with Gasteiger partial charge in [-0.25, -0.2) is 0 Å². The lowest BCUT2D eigenvalue weighted by molar-refractivity contribution is -0.118. The molecule has 1 aromatic carbocycles. The fourth-order valence-corrected chi connectivity index (χ4v) is 5.39. The van der Waals surface area contributed by atoms with Crippen molar-refractivity contribution in [2.75, 3.05) is 13.1 Å². The Morgan fingerprint density at radius 3 is 2.65 bits per heavy atom. The quantitative estimate of drug-likeness (QED) is 0.580. The first-order valence-corrected chi connectivity index (χ1v) is 11.9. The Morgan fingerprint density at radius 2 is 1.88 bits per heavy atom. The maximum atomic E-state index is 13.6. The molecule has 1 fully saturated rings. The fourth-order valence-electron chi connectivity index (χ4n) is 5.39. The molecule has 0 aliphatic carbocycles. The molecular formula is C26H29N3O5. The second kappa shape index (κ2) is 9.10. The first kappa shape index (κ1) is 22.4. The van der Waals surface area contributed by atoms with Gasteiger partial charge < -0.3 is 19.8 Å². The zero-order valence-electron chi connectivity index (χ0n) is 19.1. The fraction of sp³-hybridized carbons (Fsp3) is 0.423. The molecule has 1 saturated heterocycles. The maximum absolute atomic E-state index is 13.6. The Morgan fingerprint density at radius 1 is 1.09 bits per heavy atom. The number of nitrogens with zero attached hydrogens (tertiary/aromatic N) is 2. The molecule has 178 valence electrons. The highest BCUT2D eigenvalue weighted by Crippen LogP contribution is 2.34. The molecule has 8 nitrogen and oxygen atoms in total. The van der Waals surface area contributed by atoms with Gasteiger partial charge in [0.15, 0.2) is 5.76 Å². The zero-order valence-corrected chi connectivity index (χ0v) is 19.1. The molecule has 0 radical (unpaired) electrons. The Hall–Kier alpha value is -3.39. The molecule has 34 heavy (non-hydrogen) atoms. The largest absolute Gasteiger partial charge is 0.502 e. The normalized spacial score (nSPS) is 17.1. The van der Waals surface area contributed by atoms with Crippen molar-refractivity contribution in [3.8, 4) is 5.75 Å². The Labute approximate surface area is 196 Å². The van der Waals surface area contributed by atoms with Gasteiger partial charge in [-0.2, -0.15) is 0 Å². The summed E-state index contributed by atoms with van der Waals surface area (Å²) in [4.78, 5) is 40.5. The molecule has 2 aromatic heterocycles. The van der Waals surface area contributed by atoms with E-state index in [4.69, 9.17) is 10.2 Å². The highest BCUT2D eigenvalue weighted by atomic mass is 16.4. The van der Waals surface area contributed by atoms with Crippen LogP contribution in [0, 0.1) is 0 Å². The van der Waals surface area contributed by atoms with Crippen LogP contribution in [0.4, 0.5) is 0 Å². The summed E-state index contributed by atoms with van der Waals surface area (Å²) in [7, 11) is 0. The molecule has 3 N–H and O–H groups in total. The van der Waals surface area contributed by atoms with Gasteiger partial charge in [0.05, 0.1) is 18.0 Å². The summed E-state index contributed by atoms with van der Waals surface area (Å²) >= 11 is 0. The van der Waals surface area contributed by atoms with Gasteiger partial charge in [-0.15, -0.1) is 0 Å². The third-order valence-electron chi connectivity index (χ3n) is 6.98. The predicted octanol–water partition coefficient (Wildman–Crippen LogP) is 2.60. The average molecular weight is 464 g/mol. The van der Waals surface area contributed by atoms with Gasteiger partial charge in [0.25, 0.3) is 5.56 Å². The lowest BCUT2D eigenvalue weighted by Crippen LogP contribution is -2.31. The number of aryl methyl sites for hydroxylation is 2. The van der Waals surface area contributed by atoms with E-state index in [9.17, 15) is 19.5 Å². The first-order chi connectivity index (χ1) is 16.4. The minimum absolute atomic E-state index is 0.0745. The van der Waals surface area contributed by atoms with E-state index in [1.165, 1.54) is 12.5 Å². The van der Waals surface area contributed by atoms with Crippen molar-refractivity contribution in [1.82, 2.24) is 9.47 Å². The summed E-state index contributed by atoms with van der Waals surface area (Å²) in [6.07, 6.45) is 4.81. The van der Waals surface area contributed by atoms with Crippen molar-refractivity contribution in [3.05, 3.63) is 73.6 Å². The number of piperidine rings is 1. The molecule has 0 saturated carbocycles. The van der Waals surface area contributed by atoms with Crippen molar-refractivity contribution in [2.24, 2.45) is 5.73 Å². The van der Waals surface area contributed by atoms with Crippen molar-refractivity contribution >= 4 is 16.8 Å². The van der Waals surface area contributed by atoms with Crippen LogP contribution in [0.2, 0.25) is 0 Å². The number of carbonyl (C=O) groups excluding carboxylic acids is 1. The van der Waals surface area contributed by atoms with Crippen LogP contribution in [0.5, 0.6) is 5.75 Å². The summed E-state index contributed by atoms with van der Waals surface area (Å²) in [5, 5.41) is 11.5. The van der Waals surface area contributed by atoms with Crippen LogP contribution in [-0.2, 0) is 24.3 Å². The van der Waals surface area contributed by atoms with Gasteiger partial charge in [0.2, 0.25) is 17.1 Å². The minimum Gasteiger partial charge on any atom is -0.502 e. The number of amides is 1. The average Bonchev–Trinajstić information content (AvgIpc) is 2.83. The lowest BCUT2D eigenvalue weighted by Gasteiger charge is -2.26. The predicted molar refractivity (Wildman–Crippen MR) is 128 cm³/mol. The molecule has 1 atom stereocenters. The van der Waals surface area contributed by atoms with Crippen LogP contribution in [0.3, 0.4) is 0 Å². The molecule has 4 heterocycles. The van der Waals surface area contributed by atoms with Crippen LogP contribution in [0.25, 0.3) is 10.9 Å². The van der Waals surface area contributed by atoms with Crippen LogP contribution >= 0.6 is 0 Å². The molecule has 2 aliphatic heterocycles. The lowest BCUT2D eigenvalue weighted by atomic mass is 9.90. The minimum atomic E-state index is -0.960. The highest BCUT2D eigenvalue weighted by Gasteiger charge is 2.30. The molecule has 2 aliphatic rings. The number of para-hydroxylation sites is 1. The van der Waals surface area contributed by atoms with Crippen LogP contribution in [-0.4, -0.2) is 33.6 Å². The molecule has 0 bridgehead atoms. The Kier molecular flexibility index (Phi) is 6.00. The number of pyridine rings is 1. The van der Waals surface area contributed by atoms with Crippen LogP contribution < -0.4 is 16.7 Å². The number of benzene rings is 1. The number of primary amides is 1. The zero-order chi connectivity index (χ0) is 23.8. The number of likely N-dealkylation sites (tertiary alicyclic amines) is 1. The molecule has 1 amide bonds. The van der Waals surface area contributed by atoms with Crippen molar-refractivity contribution in [2.45, 2.75) is 57.5 Å². The van der Waals surface area contributed by atoms with Gasteiger partial charge in [0, 0.05) is 24.6 Å². The monoisotopic (exact) mass is 463 g/mol. The molecule has 0 spiro atoms. The van der Waals surface area contributed by atoms with Crippen LogP contribution in [0.1, 0.15) is 60.7 Å². The van der Waals surface area contributed by atoms with Crippen LogP contribution in [0.15, 0.2) is 44.3 Å². The standard InChI is InChI=1S/C26H29N3O5/c27-22(31)14-19(20-12-17-7-4-6-16-8-5-11-29(23(16)17)26(20)33)25-24(32)21(30)13-18(34-25)15-28-9-2-1-3-10-28/h4,6-7,12-13,19,32H,1-3,5,8-11,14-15H2,(H2,27,31)/t19-/m1/s1. The molecular weight excluding hydrogens is 434 g/mol. The molecule has 8 heteroatoms. The Bertz CT molecular complexity index is 1370. The van der Waals surface area contributed by atoms with E-state index >= 15 is 0 Å². The van der Waals surface area contributed by atoms with Crippen molar-refractivity contribution in [1.29, 1.82) is 0 Å². The van der Waals surface area contributed by atoms with E-state index in [1.54, 1.807) is 10.6 Å². The van der Waals surface area contributed by atoms with Gasteiger partial charge in [-0.05, 0) is 55.8 Å². The van der Waals surface area contributed by atoms with E-state index in [-0.39, 0.29) is 17.7 Å². The van der Waals surface area contributed by atoms with Gasteiger partial charge in [0.1, 0.15) is 5.76 Å². The first-order valence-electron chi connectivity index (χ1n) is 11.9. The summed E-state index contributed by atoms with van der Waals surface area (Å²) in [6.45, 7) is 2.80. The third-order valence-corrected chi connectivity index (χ3v) is 6.98. The SMILES string of the molecule is NC(=O)C[C@@H](c1oc(CN2CCCCC2)cc(=O)c1O)c1cc2cccc3c2n(c1=O)CCC3.